The van der Waals surface area contributed by atoms with E-state index < -0.39 is 16.1 Å². The fraction of sp³-hybridized carbons (Fsp3) is 0.286. The molecule has 1 aromatic rings. The minimum Gasteiger partial charge on any atom is -0.398 e. The van der Waals surface area contributed by atoms with E-state index in [9.17, 15) is 13.2 Å². The highest BCUT2D eigenvalue weighted by Gasteiger charge is 2.15. The molecule has 0 unspecified atom stereocenters. The molecule has 16 heavy (non-hydrogen) atoms. The smallest absolute Gasteiger partial charge is 0.312 e. The highest BCUT2D eigenvalue weighted by Crippen LogP contribution is 2.20. The van der Waals surface area contributed by atoms with Crippen LogP contribution in [0.3, 0.4) is 0 Å². The molecule has 0 saturated carbocycles. The van der Waals surface area contributed by atoms with Crippen LogP contribution in [0.2, 0.25) is 0 Å². The van der Waals surface area contributed by atoms with Crippen molar-refractivity contribution >= 4 is 33.1 Å². The van der Waals surface area contributed by atoms with Gasteiger partial charge in [-0.05, 0) is 6.07 Å². The summed E-state index contributed by atoms with van der Waals surface area (Å²) in [6, 6.07) is 0.675. The Kier molecular flexibility index (Phi) is 4.10. The second kappa shape index (κ2) is 5.14. The number of hydrogen-bond acceptors (Lipinski definition) is 5. The third kappa shape index (κ3) is 3.68. The molecule has 0 atom stereocenters. The average molecular weight is 264 g/mol. The van der Waals surface area contributed by atoms with Crippen LogP contribution in [0.5, 0.6) is 0 Å². The summed E-state index contributed by atoms with van der Waals surface area (Å²) < 4.78 is 25.6. The molecule has 0 aliphatic rings. The third-order valence-electron chi connectivity index (χ3n) is 1.58. The van der Waals surface area contributed by atoms with Crippen molar-refractivity contribution < 1.29 is 13.2 Å². The van der Waals surface area contributed by atoms with E-state index in [4.69, 9.17) is 11.5 Å². The lowest BCUT2D eigenvalue weighted by molar-refractivity contribution is 0.249. The standard InChI is InChI=1S/C7H12N4O3S2/c8-5-3-6(15-4-5)16(13,14)11-2-1-10-7(9)12/h3-4,11H,1-2,8H2,(H3,9,10,12). The van der Waals surface area contributed by atoms with Gasteiger partial charge in [0.2, 0.25) is 10.0 Å². The van der Waals surface area contributed by atoms with Gasteiger partial charge in [0.05, 0.1) is 0 Å². The van der Waals surface area contributed by atoms with E-state index in [1.807, 2.05) is 0 Å². The van der Waals surface area contributed by atoms with Gasteiger partial charge in [-0.15, -0.1) is 11.3 Å². The maximum absolute atomic E-state index is 11.6. The van der Waals surface area contributed by atoms with Gasteiger partial charge in [-0.25, -0.2) is 17.9 Å². The summed E-state index contributed by atoms with van der Waals surface area (Å²) in [5.74, 6) is 0. The fourth-order valence-electron chi connectivity index (χ4n) is 0.913. The van der Waals surface area contributed by atoms with Crippen LogP contribution in [0.25, 0.3) is 0 Å². The number of carbonyl (C=O) groups excluding carboxylic acids is 1. The van der Waals surface area contributed by atoms with Gasteiger partial charge in [0, 0.05) is 24.2 Å². The first-order chi connectivity index (χ1) is 7.42. The van der Waals surface area contributed by atoms with Gasteiger partial charge in [-0.1, -0.05) is 0 Å². The number of nitrogens with one attached hydrogen (secondary N) is 2. The molecule has 0 aromatic carbocycles. The minimum absolute atomic E-state index is 0.0725. The van der Waals surface area contributed by atoms with Crippen molar-refractivity contribution in [3.63, 3.8) is 0 Å². The van der Waals surface area contributed by atoms with Crippen molar-refractivity contribution in [2.45, 2.75) is 4.21 Å². The minimum atomic E-state index is -3.54. The number of hydrogen-bond donors (Lipinski definition) is 4. The molecule has 7 nitrogen and oxygen atoms in total. The normalized spacial score (nSPS) is 11.2. The van der Waals surface area contributed by atoms with Crippen molar-refractivity contribution in [1.82, 2.24) is 10.0 Å². The number of anilines is 1. The molecule has 0 spiro atoms. The maximum Gasteiger partial charge on any atom is 0.312 e. The second-order valence-corrected chi connectivity index (χ2v) is 5.79. The Morgan fingerprint density at radius 2 is 2.12 bits per heavy atom. The summed E-state index contributed by atoms with van der Waals surface area (Å²) in [6.07, 6.45) is 0. The molecule has 0 radical (unpaired) electrons. The van der Waals surface area contributed by atoms with Crippen molar-refractivity contribution in [3.8, 4) is 0 Å². The van der Waals surface area contributed by atoms with Crippen LogP contribution in [0.15, 0.2) is 15.7 Å². The van der Waals surface area contributed by atoms with E-state index in [-0.39, 0.29) is 17.3 Å². The van der Waals surface area contributed by atoms with Gasteiger partial charge in [-0.3, -0.25) is 0 Å². The number of carbonyl (C=O) groups is 1. The van der Waals surface area contributed by atoms with Gasteiger partial charge in [0.1, 0.15) is 4.21 Å². The highest BCUT2D eigenvalue weighted by atomic mass is 32.2. The molecule has 0 fully saturated rings. The molecule has 1 rings (SSSR count). The second-order valence-electron chi connectivity index (χ2n) is 2.89. The first-order valence-electron chi connectivity index (χ1n) is 4.29. The summed E-state index contributed by atoms with van der Waals surface area (Å²) in [4.78, 5) is 10.3. The molecule has 9 heteroatoms. The molecule has 0 aliphatic heterocycles. The van der Waals surface area contributed by atoms with E-state index in [2.05, 4.69) is 10.0 Å². The zero-order valence-electron chi connectivity index (χ0n) is 8.26. The molecule has 0 bridgehead atoms. The zero-order valence-corrected chi connectivity index (χ0v) is 9.90. The Balaban J connectivity index is 2.50. The number of amides is 2. The van der Waals surface area contributed by atoms with Crippen molar-refractivity contribution in [1.29, 1.82) is 0 Å². The van der Waals surface area contributed by atoms with Crippen LogP contribution in [0, 0.1) is 0 Å². The Bertz CT molecular complexity index is 468. The lowest BCUT2D eigenvalue weighted by Crippen LogP contribution is -2.37. The van der Waals surface area contributed by atoms with Crippen LogP contribution in [-0.2, 0) is 10.0 Å². The molecule has 0 saturated heterocycles. The summed E-state index contributed by atoms with van der Waals surface area (Å²) in [6.45, 7) is 0.207. The number of nitrogen functional groups attached to an aromatic ring is 1. The van der Waals surface area contributed by atoms with Crippen LogP contribution in [-0.4, -0.2) is 27.5 Å². The Hall–Kier alpha value is -1.32. The molecule has 0 aliphatic carbocycles. The van der Waals surface area contributed by atoms with E-state index >= 15 is 0 Å². The van der Waals surface area contributed by atoms with E-state index in [1.165, 1.54) is 11.4 Å². The number of rotatable bonds is 5. The molecule has 90 valence electrons. The predicted molar refractivity (Wildman–Crippen MR) is 61.5 cm³/mol. The Morgan fingerprint density at radius 1 is 1.44 bits per heavy atom. The first-order valence-corrected chi connectivity index (χ1v) is 6.65. The monoisotopic (exact) mass is 264 g/mol. The lowest BCUT2D eigenvalue weighted by atomic mass is 10.6. The summed E-state index contributed by atoms with van der Waals surface area (Å²) in [5, 5.41) is 3.80. The van der Waals surface area contributed by atoms with Crippen LogP contribution in [0.1, 0.15) is 0 Å². The highest BCUT2D eigenvalue weighted by molar-refractivity contribution is 7.91. The van der Waals surface area contributed by atoms with Gasteiger partial charge in [-0.2, -0.15) is 0 Å². The number of nitrogens with two attached hydrogens (primary N) is 2. The first kappa shape index (κ1) is 12.7. The van der Waals surface area contributed by atoms with Gasteiger partial charge >= 0.3 is 6.03 Å². The molecular weight excluding hydrogens is 252 g/mol. The number of urea groups is 1. The Morgan fingerprint density at radius 3 is 2.62 bits per heavy atom. The topological polar surface area (TPSA) is 127 Å². The Labute approximate surface area is 96.9 Å². The molecule has 1 aromatic heterocycles. The number of thiophene rings is 1. The van der Waals surface area contributed by atoms with Crippen LogP contribution >= 0.6 is 11.3 Å². The predicted octanol–water partition coefficient (Wildman–Crippen LogP) is -0.723. The number of primary amides is 1. The van der Waals surface area contributed by atoms with Crippen LogP contribution in [0.4, 0.5) is 10.5 Å². The lowest BCUT2D eigenvalue weighted by Gasteiger charge is -2.04. The third-order valence-corrected chi connectivity index (χ3v) is 4.50. The molecular formula is C7H12N4O3S2. The zero-order chi connectivity index (χ0) is 12.2. The SMILES string of the molecule is NC(=O)NCCNS(=O)(=O)c1cc(N)cs1. The summed E-state index contributed by atoms with van der Waals surface area (Å²) in [5.41, 5.74) is 10.6. The maximum atomic E-state index is 11.6. The van der Waals surface area contributed by atoms with Crippen LogP contribution < -0.4 is 21.5 Å². The van der Waals surface area contributed by atoms with Gasteiger partial charge in [0.15, 0.2) is 0 Å². The van der Waals surface area contributed by atoms with Gasteiger partial charge in [0.25, 0.3) is 0 Å². The van der Waals surface area contributed by atoms with Crippen molar-refractivity contribution in [2.24, 2.45) is 5.73 Å². The number of sulfonamides is 1. The van der Waals surface area contributed by atoms with Crippen molar-refractivity contribution in [3.05, 3.63) is 11.4 Å². The largest absolute Gasteiger partial charge is 0.398 e. The summed E-state index contributed by atoms with van der Waals surface area (Å²) in [7, 11) is -3.54. The molecule has 1 heterocycles. The van der Waals surface area contributed by atoms with E-state index in [0.717, 1.165) is 11.3 Å². The summed E-state index contributed by atoms with van der Waals surface area (Å²) >= 11 is 1.03. The average Bonchev–Trinajstić information content (AvgIpc) is 2.60. The van der Waals surface area contributed by atoms with E-state index in [0.29, 0.717) is 5.69 Å². The van der Waals surface area contributed by atoms with Crippen molar-refractivity contribution in [2.75, 3.05) is 18.8 Å². The van der Waals surface area contributed by atoms with E-state index in [1.54, 1.807) is 0 Å². The molecule has 2 amide bonds. The quantitative estimate of drug-likeness (QED) is 0.523. The van der Waals surface area contributed by atoms with Gasteiger partial charge < -0.3 is 16.8 Å². The molecule has 6 N–H and O–H groups in total. The fourth-order valence-corrected chi connectivity index (χ4v) is 3.07.